The summed E-state index contributed by atoms with van der Waals surface area (Å²) in [5.74, 6) is -0.696. The van der Waals surface area contributed by atoms with Crippen molar-refractivity contribution in [1.82, 2.24) is 19.4 Å². The molecule has 11 nitrogen and oxygen atoms in total. The Labute approximate surface area is 223 Å². The molecule has 208 valence electrons. The van der Waals surface area contributed by atoms with E-state index in [2.05, 4.69) is 10.4 Å². The van der Waals surface area contributed by atoms with Crippen molar-refractivity contribution in [3.63, 3.8) is 0 Å². The number of hydrogen-bond acceptors (Lipinski definition) is 8. The first-order valence-electron chi connectivity index (χ1n) is 13.2. The van der Waals surface area contributed by atoms with E-state index >= 15 is 0 Å². The molecule has 1 fully saturated rings. The van der Waals surface area contributed by atoms with Crippen LogP contribution in [0.5, 0.6) is 0 Å². The minimum absolute atomic E-state index is 0.0564. The van der Waals surface area contributed by atoms with Gasteiger partial charge in [0.25, 0.3) is 5.91 Å². The molecule has 1 aromatic carbocycles. The maximum atomic E-state index is 12.9. The molecule has 38 heavy (non-hydrogen) atoms. The summed E-state index contributed by atoms with van der Waals surface area (Å²) in [6.45, 7) is 5.64. The Hall–Kier alpha value is -2.80. The average molecular weight is 549 g/mol. The summed E-state index contributed by atoms with van der Waals surface area (Å²) < 4.78 is 45.4. The lowest BCUT2D eigenvalue weighted by molar-refractivity contribution is 0.0494. The molecule has 1 amide bonds. The first-order chi connectivity index (χ1) is 18.4. The molecule has 1 saturated heterocycles. The predicted octanol–water partition coefficient (Wildman–Crippen LogP) is 1.80. The highest BCUT2D eigenvalue weighted by molar-refractivity contribution is 7.89. The van der Waals surface area contributed by atoms with Crippen LogP contribution in [0.2, 0.25) is 0 Å². The van der Waals surface area contributed by atoms with Gasteiger partial charge < -0.3 is 19.5 Å². The summed E-state index contributed by atoms with van der Waals surface area (Å²) in [7, 11) is -3.71. The molecular formula is C26H36N4O7S. The van der Waals surface area contributed by atoms with Gasteiger partial charge in [-0.15, -0.1) is 0 Å². The minimum Gasteiger partial charge on any atom is -0.462 e. The van der Waals surface area contributed by atoms with E-state index in [1.807, 2.05) is 11.6 Å². The number of nitrogens with zero attached hydrogens (tertiary/aromatic N) is 3. The topological polar surface area (TPSA) is 129 Å². The molecule has 4 rings (SSSR count). The molecule has 3 heterocycles. The van der Waals surface area contributed by atoms with Gasteiger partial charge in [-0.2, -0.15) is 9.40 Å². The zero-order valence-electron chi connectivity index (χ0n) is 21.8. The molecular weight excluding hydrogens is 512 g/mol. The molecule has 2 aliphatic rings. The predicted molar refractivity (Wildman–Crippen MR) is 139 cm³/mol. The highest BCUT2D eigenvalue weighted by Crippen LogP contribution is 2.20. The van der Waals surface area contributed by atoms with Crippen molar-refractivity contribution in [2.75, 3.05) is 52.7 Å². The van der Waals surface area contributed by atoms with Gasteiger partial charge in [0.1, 0.15) is 0 Å². The summed E-state index contributed by atoms with van der Waals surface area (Å²) in [5, 5.41) is 7.65. The second-order valence-electron chi connectivity index (χ2n) is 9.20. The second kappa shape index (κ2) is 13.3. The lowest BCUT2D eigenvalue weighted by Gasteiger charge is -2.26. The summed E-state index contributed by atoms with van der Waals surface area (Å²) in [6, 6.07) is 5.91. The number of carbonyl (C=O) groups excluding carboxylic acids is 2. The quantitative estimate of drug-likeness (QED) is 0.391. The van der Waals surface area contributed by atoms with E-state index < -0.39 is 16.0 Å². The lowest BCUT2D eigenvalue weighted by Crippen LogP contribution is -2.40. The van der Waals surface area contributed by atoms with Crippen LogP contribution in [0.4, 0.5) is 0 Å². The Bertz CT molecular complexity index is 1220. The van der Waals surface area contributed by atoms with E-state index in [4.69, 9.17) is 14.2 Å². The normalized spacial score (nSPS) is 17.8. The third-order valence-electron chi connectivity index (χ3n) is 6.57. The SMILES string of the molecule is CCc1nn(CCCOC(=O)c2cccc(S(=O)(=O)N3CCOCC3)c2)c2c1C(=O)NCCCOCCC2. The monoisotopic (exact) mass is 548 g/mol. The minimum atomic E-state index is -3.71. The van der Waals surface area contributed by atoms with Crippen LogP contribution in [-0.4, -0.2) is 87.0 Å². The molecule has 0 atom stereocenters. The molecule has 0 saturated carbocycles. The number of fused-ring (bicyclic) bond motifs is 1. The maximum absolute atomic E-state index is 12.9. The van der Waals surface area contributed by atoms with Crippen molar-refractivity contribution in [3.8, 4) is 0 Å². The van der Waals surface area contributed by atoms with Crippen LogP contribution in [0.3, 0.4) is 0 Å². The number of hydrogen-bond donors (Lipinski definition) is 1. The first-order valence-corrected chi connectivity index (χ1v) is 14.7. The van der Waals surface area contributed by atoms with Crippen LogP contribution in [0.1, 0.15) is 58.3 Å². The van der Waals surface area contributed by atoms with Crippen LogP contribution in [0.15, 0.2) is 29.2 Å². The molecule has 0 radical (unpaired) electrons. The number of amides is 1. The molecule has 2 aromatic rings. The maximum Gasteiger partial charge on any atom is 0.338 e. The number of rotatable bonds is 8. The number of benzene rings is 1. The fraction of sp³-hybridized carbons (Fsp3) is 0.577. The first kappa shape index (κ1) is 28.2. The zero-order valence-corrected chi connectivity index (χ0v) is 22.6. The van der Waals surface area contributed by atoms with Crippen molar-refractivity contribution in [2.45, 2.75) is 50.5 Å². The van der Waals surface area contributed by atoms with Gasteiger partial charge in [0.05, 0.1) is 47.2 Å². The van der Waals surface area contributed by atoms with Crippen molar-refractivity contribution < 1.29 is 32.2 Å². The van der Waals surface area contributed by atoms with Crippen LogP contribution >= 0.6 is 0 Å². The van der Waals surface area contributed by atoms with E-state index in [9.17, 15) is 18.0 Å². The van der Waals surface area contributed by atoms with E-state index in [1.165, 1.54) is 16.4 Å². The summed E-state index contributed by atoms with van der Waals surface area (Å²) in [4.78, 5) is 25.6. The standard InChI is InChI=1S/C26H36N4O7S/c1-2-22-24-23(9-4-14-35-15-5-10-27-25(24)31)30(28-22)11-6-16-37-26(32)20-7-3-8-21(19-20)38(33,34)29-12-17-36-18-13-29/h3,7-8,19H,2,4-6,9-18H2,1H3,(H,27,31). The summed E-state index contributed by atoms with van der Waals surface area (Å²) >= 11 is 0. The smallest absolute Gasteiger partial charge is 0.338 e. The number of sulfonamides is 1. The Balaban J connectivity index is 1.38. The third-order valence-corrected chi connectivity index (χ3v) is 8.46. The van der Waals surface area contributed by atoms with E-state index in [0.29, 0.717) is 64.3 Å². The van der Waals surface area contributed by atoms with Gasteiger partial charge in [-0.25, -0.2) is 13.2 Å². The average Bonchev–Trinajstić information content (AvgIpc) is 3.28. The Kier molecular flexibility index (Phi) is 9.89. The van der Waals surface area contributed by atoms with Crippen LogP contribution < -0.4 is 5.32 Å². The van der Waals surface area contributed by atoms with Gasteiger partial charge in [0.2, 0.25) is 10.0 Å². The molecule has 2 aliphatic heterocycles. The van der Waals surface area contributed by atoms with E-state index in [0.717, 1.165) is 24.2 Å². The Morgan fingerprint density at radius 3 is 2.68 bits per heavy atom. The number of aryl methyl sites for hydroxylation is 2. The Morgan fingerprint density at radius 1 is 1.13 bits per heavy atom. The third kappa shape index (κ3) is 6.79. The lowest BCUT2D eigenvalue weighted by atomic mass is 10.1. The van der Waals surface area contributed by atoms with E-state index in [-0.39, 0.29) is 36.1 Å². The van der Waals surface area contributed by atoms with Crippen molar-refractivity contribution in [2.24, 2.45) is 0 Å². The molecule has 0 unspecified atom stereocenters. The van der Waals surface area contributed by atoms with Crippen molar-refractivity contribution in [3.05, 3.63) is 46.8 Å². The van der Waals surface area contributed by atoms with Gasteiger partial charge in [0, 0.05) is 45.8 Å². The number of morpholine rings is 1. The molecule has 0 bridgehead atoms. The molecule has 1 aromatic heterocycles. The van der Waals surface area contributed by atoms with Crippen LogP contribution in [0.25, 0.3) is 0 Å². The Morgan fingerprint density at radius 2 is 1.89 bits per heavy atom. The van der Waals surface area contributed by atoms with Gasteiger partial charge in [0.15, 0.2) is 0 Å². The van der Waals surface area contributed by atoms with Crippen molar-refractivity contribution in [1.29, 1.82) is 0 Å². The van der Waals surface area contributed by atoms with Crippen molar-refractivity contribution >= 4 is 21.9 Å². The number of carbonyl (C=O) groups is 2. The highest BCUT2D eigenvalue weighted by Gasteiger charge is 2.27. The van der Waals surface area contributed by atoms with Gasteiger partial charge >= 0.3 is 5.97 Å². The van der Waals surface area contributed by atoms with Gasteiger partial charge in [-0.1, -0.05) is 13.0 Å². The fourth-order valence-corrected chi connectivity index (χ4v) is 6.04. The summed E-state index contributed by atoms with van der Waals surface area (Å²) in [6.07, 6.45) is 3.35. The molecule has 0 spiro atoms. The number of ether oxygens (including phenoxy) is 3. The van der Waals surface area contributed by atoms with Gasteiger partial charge in [-0.3, -0.25) is 9.48 Å². The number of esters is 1. The molecule has 1 N–H and O–H groups in total. The largest absolute Gasteiger partial charge is 0.462 e. The van der Waals surface area contributed by atoms with Gasteiger partial charge in [-0.05, 0) is 43.9 Å². The zero-order chi connectivity index (χ0) is 27.0. The summed E-state index contributed by atoms with van der Waals surface area (Å²) in [5.41, 5.74) is 2.45. The van der Waals surface area contributed by atoms with Crippen LogP contribution in [0, 0.1) is 0 Å². The highest BCUT2D eigenvalue weighted by atomic mass is 32.2. The second-order valence-corrected chi connectivity index (χ2v) is 11.1. The van der Waals surface area contributed by atoms with E-state index in [1.54, 1.807) is 12.1 Å². The molecule has 0 aliphatic carbocycles. The fourth-order valence-electron chi connectivity index (χ4n) is 4.59. The van der Waals surface area contributed by atoms with Crippen LogP contribution in [-0.2, 0) is 43.6 Å². The number of nitrogens with one attached hydrogen (secondary N) is 1. The molecule has 12 heteroatoms. The number of aromatic nitrogens is 2.